The number of Topliss-reactive ketones (excluding diaryl/α,β-unsaturated/α-hetero) is 1. The number of fused-ring (bicyclic) bond motifs is 4. The summed E-state index contributed by atoms with van der Waals surface area (Å²) in [6.07, 6.45) is 4.49. The molecule has 3 unspecified atom stereocenters. The van der Waals surface area contributed by atoms with Gasteiger partial charge in [-0.05, 0) is 49.4 Å². The van der Waals surface area contributed by atoms with Crippen LogP contribution in [0.25, 0.3) is 33.5 Å². The lowest BCUT2D eigenvalue weighted by Gasteiger charge is -2.40. The number of carbonyl (C=O) groups excluding carboxylic acids is 1. The molecule has 6 heteroatoms. The number of benzene rings is 2. The summed E-state index contributed by atoms with van der Waals surface area (Å²) >= 11 is 0. The van der Waals surface area contributed by atoms with Crippen LogP contribution in [0.1, 0.15) is 71.1 Å². The van der Waals surface area contributed by atoms with Crippen LogP contribution in [0.15, 0.2) is 54.7 Å². The van der Waals surface area contributed by atoms with Gasteiger partial charge in [0.05, 0.1) is 16.9 Å². The standard InChI is InChI=1S/C28H23F2N3O.2C2H6/c1-15-17-8-9-22-26(19(17)10-11-25(15)34)32-28(20-12-13-31-24-5-3-2-4-18(20)24)33-27(22)21-7-6-16(29)14-23(21)30;2*1-2/h2-7,12-15,17,19H,8-11H2,1H3;2*1-2H3. The first-order valence-corrected chi connectivity index (χ1v) is 13.7. The van der Waals surface area contributed by atoms with Gasteiger partial charge in [0.1, 0.15) is 17.4 Å². The van der Waals surface area contributed by atoms with Gasteiger partial charge < -0.3 is 0 Å². The van der Waals surface area contributed by atoms with E-state index in [0.717, 1.165) is 46.6 Å². The van der Waals surface area contributed by atoms with E-state index in [1.807, 2.05) is 65.0 Å². The fraction of sp³-hybridized carbons (Fsp3) is 0.375. The van der Waals surface area contributed by atoms with Gasteiger partial charge in [-0.25, -0.2) is 18.7 Å². The van der Waals surface area contributed by atoms with Crippen molar-refractivity contribution < 1.29 is 13.6 Å². The fourth-order valence-electron chi connectivity index (χ4n) is 5.80. The average Bonchev–Trinajstić information content (AvgIpc) is 2.96. The normalized spacial score (nSPS) is 19.9. The third kappa shape index (κ3) is 4.96. The number of hydrogen-bond donors (Lipinski definition) is 0. The highest BCUT2D eigenvalue weighted by atomic mass is 19.1. The first-order chi connectivity index (χ1) is 18.5. The zero-order chi connectivity index (χ0) is 27.4. The number of hydrogen-bond acceptors (Lipinski definition) is 4. The molecule has 0 aliphatic heterocycles. The zero-order valence-corrected chi connectivity index (χ0v) is 22.8. The van der Waals surface area contributed by atoms with E-state index >= 15 is 0 Å². The number of pyridine rings is 1. The Labute approximate surface area is 223 Å². The second-order valence-electron chi connectivity index (χ2n) is 9.36. The molecule has 3 atom stereocenters. The van der Waals surface area contributed by atoms with Crippen LogP contribution in [0.5, 0.6) is 0 Å². The Morgan fingerprint density at radius 3 is 2.39 bits per heavy atom. The maximum Gasteiger partial charge on any atom is 0.160 e. The van der Waals surface area contributed by atoms with Gasteiger partial charge in [-0.15, -0.1) is 0 Å². The molecule has 0 N–H and O–H groups in total. The average molecular weight is 516 g/mol. The number of nitrogens with zero attached hydrogens (tertiary/aromatic N) is 3. The molecule has 1 saturated carbocycles. The Kier molecular flexibility index (Phi) is 8.60. The van der Waals surface area contributed by atoms with E-state index in [9.17, 15) is 13.6 Å². The van der Waals surface area contributed by atoms with Crippen LogP contribution >= 0.6 is 0 Å². The number of para-hydroxylation sites is 1. The molecule has 0 amide bonds. The third-order valence-corrected chi connectivity index (χ3v) is 7.56. The molecule has 4 nitrogen and oxygen atoms in total. The van der Waals surface area contributed by atoms with Gasteiger partial charge in [0.15, 0.2) is 5.82 Å². The first kappa shape index (κ1) is 27.5. The van der Waals surface area contributed by atoms with Gasteiger partial charge in [0, 0.05) is 52.6 Å². The second-order valence-corrected chi connectivity index (χ2v) is 9.36. The monoisotopic (exact) mass is 515 g/mol. The smallest absolute Gasteiger partial charge is 0.160 e. The minimum atomic E-state index is -0.638. The summed E-state index contributed by atoms with van der Waals surface area (Å²) < 4.78 is 28.7. The van der Waals surface area contributed by atoms with Crippen molar-refractivity contribution in [3.8, 4) is 22.6 Å². The summed E-state index contributed by atoms with van der Waals surface area (Å²) in [5.74, 6) is -0.126. The third-order valence-electron chi connectivity index (χ3n) is 7.56. The van der Waals surface area contributed by atoms with E-state index in [1.54, 1.807) is 6.20 Å². The van der Waals surface area contributed by atoms with E-state index in [0.29, 0.717) is 30.1 Å². The van der Waals surface area contributed by atoms with Crippen LogP contribution in [0.3, 0.4) is 0 Å². The lowest BCUT2D eigenvalue weighted by atomic mass is 9.64. The number of carbonyl (C=O) groups is 1. The van der Waals surface area contributed by atoms with Crippen molar-refractivity contribution in [1.82, 2.24) is 15.0 Å². The number of rotatable bonds is 2. The van der Waals surface area contributed by atoms with E-state index in [-0.39, 0.29) is 23.3 Å². The Hall–Kier alpha value is -3.54. The van der Waals surface area contributed by atoms with Gasteiger partial charge in [0.2, 0.25) is 0 Å². The van der Waals surface area contributed by atoms with Gasteiger partial charge in [0.25, 0.3) is 0 Å². The molecule has 2 aromatic heterocycles. The minimum absolute atomic E-state index is 0.0157. The highest BCUT2D eigenvalue weighted by Gasteiger charge is 2.41. The molecular weight excluding hydrogens is 480 g/mol. The second kappa shape index (κ2) is 11.9. The molecule has 4 aromatic rings. The van der Waals surface area contributed by atoms with Crippen molar-refractivity contribution in [3.05, 3.63) is 77.6 Å². The van der Waals surface area contributed by atoms with Crippen molar-refractivity contribution >= 4 is 16.7 Å². The topological polar surface area (TPSA) is 55.7 Å². The molecule has 0 saturated heterocycles. The van der Waals surface area contributed by atoms with Gasteiger partial charge in [-0.2, -0.15) is 0 Å². The van der Waals surface area contributed by atoms with Crippen molar-refractivity contribution in [2.45, 2.75) is 66.2 Å². The highest BCUT2D eigenvalue weighted by molar-refractivity contribution is 5.92. The molecule has 2 aliphatic rings. The molecule has 0 radical (unpaired) electrons. The molecule has 38 heavy (non-hydrogen) atoms. The number of aromatic nitrogens is 3. The SMILES string of the molecule is CC.CC.CC1C(=O)CCC2c3nc(-c4ccnc5ccccc45)nc(-c4ccc(F)cc4F)c3CCC12. The van der Waals surface area contributed by atoms with E-state index in [1.165, 1.54) is 12.1 Å². The van der Waals surface area contributed by atoms with Crippen molar-refractivity contribution in [1.29, 1.82) is 0 Å². The van der Waals surface area contributed by atoms with Crippen LogP contribution in [0.4, 0.5) is 8.78 Å². The van der Waals surface area contributed by atoms with Crippen LogP contribution < -0.4 is 0 Å². The molecule has 0 bridgehead atoms. The van der Waals surface area contributed by atoms with Crippen molar-refractivity contribution in [2.24, 2.45) is 11.8 Å². The summed E-state index contributed by atoms with van der Waals surface area (Å²) in [7, 11) is 0. The molecule has 1 fully saturated rings. The van der Waals surface area contributed by atoms with Gasteiger partial charge in [-0.1, -0.05) is 52.8 Å². The molecular formula is C32H35F2N3O. The Balaban J connectivity index is 0.000000804. The largest absolute Gasteiger partial charge is 0.299 e. The molecule has 198 valence electrons. The predicted molar refractivity (Wildman–Crippen MR) is 149 cm³/mol. The maximum atomic E-state index is 15.0. The molecule has 6 rings (SSSR count). The van der Waals surface area contributed by atoms with Gasteiger partial charge >= 0.3 is 0 Å². The predicted octanol–water partition coefficient (Wildman–Crippen LogP) is 8.33. The number of halogens is 2. The molecule has 2 aliphatic carbocycles. The Morgan fingerprint density at radius 1 is 0.868 bits per heavy atom. The highest BCUT2D eigenvalue weighted by Crippen LogP contribution is 2.48. The summed E-state index contributed by atoms with van der Waals surface area (Å²) in [5.41, 5.74) is 4.25. The lowest BCUT2D eigenvalue weighted by Crippen LogP contribution is -2.36. The Bertz CT molecular complexity index is 1450. The summed E-state index contributed by atoms with van der Waals surface area (Å²) in [6, 6.07) is 13.3. The summed E-state index contributed by atoms with van der Waals surface area (Å²) in [4.78, 5) is 26.8. The zero-order valence-electron chi connectivity index (χ0n) is 22.8. The number of ketones is 1. The molecule has 2 heterocycles. The van der Waals surface area contributed by atoms with E-state index in [4.69, 9.17) is 9.97 Å². The molecule has 0 spiro atoms. The quantitative estimate of drug-likeness (QED) is 0.269. The van der Waals surface area contributed by atoms with Crippen molar-refractivity contribution in [3.63, 3.8) is 0 Å². The van der Waals surface area contributed by atoms with Crippen LogP contribution in [-0.4, -0.2) is 20.7 Å². The Morgan fingerprint density at radius 2 is 1.63 bits per heavy atom. The van der Waals surface area contributed by atoms with Crippen LogP contribution in [0.2, 0.25) is 0 Å². The van der Waals surface area contributed by atoms with Crippen molar-refractivity contribution in [2.75, 3.05) is 0 Å². The molecule has 2 aromatic carbocycles. The van der Waals surface area contributed by atoms with Gasteiger partial charge in [-0.3, -0.25) is 9.78 Å². The fourth-order valence-corrected chi connectivity index (χ4v) is 5.80. The van der Waals surface area contributed by atoms with Crippen LogP contribution in [0, 0.1) is 23.5 Å². The summed E-state index contributed by atoms with van der Waals surface area (Å²) in [5, 5.41) is 0.912. The maximum absolute atomic E-state index is 15.0. The van der Waals surface area contributed by atoms with E-state index < -0.39 is 11.6 Å². The summed E-state index contributed by atoms with van der Waals surface area (Å²) in [6.45, 7) is 10.0. The minimum Gasteiger partial charge on any atom is -0.299 e. The lowest BCUT2D eigenvalue weighted by molar-refractivity contribution is -0.126. The van der Waals surface area contributed by atoms with Crippen LogP contribution in [-0.2, 0) is 11.2 Å². The first-order valence-electron chi connectivity index (χ1n) is 13.7. The van der Waals surface area contributed by atoms with E-state index in [2.05, 4.69) is 4.98 Å².